The van der Waals surface area contributed by atoms with E-state index in [1.165, 1.54) is 0 Å². The third kappa shape index (κ3) is 6.27. The average molecular weight is 526 g/mol. The standard InChI is InChI=1S/C29H35N3O4.ClH/c1-4-5-17-32-27(34)25(26(33)21(2)3)30-28(35)29(32)15-18-31(19-16-29)20-22-11-13-24(14-12-22)36-23-9-7-6-8-10-23;/h6-14,21,25-26,33H,15-20H2,1-3H3,(H,30,35);1H/t25-,26-;/m1./s1. The van der Waals surface area contributed by atoms with Gasteiger partial charge in [-0.1, -0.05) is 50.1 Å². The van der Waals surface area contributed by atoms with Gasteiger partial charge in [0, 0.05) is 19.6 Å². The molecule has 2 aromatic carbocycles. The molecular weight excluding hydrogens is 490 g/mol. The minimum atomic E-state index is -0.940. The van der Waals surface area contributed by atoms with E-state index in [4.69, 9.17) is 4.74 Å². The van der Waals surface area contributed by atoms with Crippen LogP contribution in [0.3, 0.4) is 0 Å². The fourth-order valence-corrected chi connectivity index (χ4v) is 4.97. The van der Waals surface area contributed by atoms with E-state index in [9.17, 15) is 14.7 Å². The van der Waals surface area contributed by atoms with Crippen LogP contribution in [0.1, 0.15) is 39.2 Å². The molecule has 198 valence electrons. The number of ether oxygens (including phenoxy) is 1. The maximum atomic E-state index is 13.4. The molecule has 2 amide bonds. The molecule has 8 heteroatoms. The van der Waals surface area contributed by atoms with Crippen LogP contribution in [0.2, 0.25) is 0 Å². The average Bonchev–Trinajstić information content (AvgIpc) is 2.89. The van der Waals surface area contributed by atoms with Crippen molar-refractivity contribution in [1.82, 2.24) is 15.1 Å². The zero-order valence-corrected chi connectivity index (χ0v) is 22.5. The minimum absolute atomic E-state index is 0. The number of nitrogens with zero attached hydrogens (tertiary/aromatic N) is 2. The van der Waals surface area contributed by atoms with E-state index in [0.717, 1.165) is 23.6 Å². The summed E-state index contributed by atoms with van der Waals surface area (Å²) in [6, 6.07) is 16.8. The molecule has 1 spiro atoms. The number of halogens is 1. The highest BCUT2D eigenvalue weighted by atomic mass is 35.5. The molecule has 2 heterocycles. The summed E-state index contributed by atoms with van der Waals surface area (Å²) in [6.07, 6.45) is 0.107. The predicted molar refractivity (Wildman–Crippen MR) is 145 cm³/mol. The molecule has 37 heavy (non-hydrogen) atoms. The Labute approximate surface area is 225 Å². The summed E-state index contributed by atoms with van der Waals surface area (Å²) in [5, 5.41) is 13.4. The summed E-state index contributed by atoms with van der Waals surface area (Å²) < 4.78 is 5.88. The van der Waals surface area contributed by atoms with Crippen molar-refractivity contribution in [3.63, 3.8) is 0 Å². The summed E-state index contributed by atoms with van der Waals surface area (Å²) in [7, 11) is 0. The minimum Gasteiger partial charge on any atom is -0.457 e. The lowest BCUT2D eigenvalue weighted by Gasteiger charge is -2.51. The lowest BCUT2D eigenvalue weighted by Crippen LogP contribution is -2.74. The Hall–Kier alpha value is -3.05. The molecule has 0 unspecified atom stereocenters. The fourth-order valence-electron chi connectivity index (χ4n) is 4.97. The van der Waals surface area contributed by atoms with Crippen molar-refractivity contribution in [2.24, 2.45) is 5.92 Å². The Bertz CT molecular complexity index is 1120. The number of amides is 2. The molecule has 2 aromatic rings. The number of hydrogen-bond donors (Lipinski definition) is 2. The number of benzene rings is 2. The third-order valence-electron chi connectivity index (χ3n) is 7.19. The van der Waals surface area contributed by atoms with Gasteiger partial charge in [-0.05, 0) is 55.5 Å². The SMILES string of the molecule is CC#CCN1C(=O)[C@@H]([C@H](O)C(C)C)NC(=O)C12CCN(Cc1ccc(Oc3ccccc3)cc1)CC2.Cl. The van der Waals surface area contributed by atoms with Crippen molar-refractivity contribution >= 4 is 24.2 Å². The highest BCUT2D eigenvalue weighted by Gasteiger charge is 2.54. The summed E-state index contributed by atoms with van der Waals surface area (Å²) in [4.78, 5) is 30.7. The normalized spacial score (nSPS) is 20.0. The van der Waals surface area contributed by atoms with Gasteiger partial charge in [-0.15, -0.1) is 18.3 Å². The first-order valence-electron chi connectivity index (χ1n) is 12.6. The molecule has 0 saturated carbocycles. The van der Waals surface area contributed by atoms with E-state index in [0.29, 0.717) is 25.9 Å². The van der Waals surface area contributed by atoms with Gasteiger partial charge in [0.05, 0.1) is 12.6 Å². The van der Waals surface area contributed by atoms with E-state index < -0.39 is 17.7 Å². The number of carbonyl (C=O) groups is 2. The van der Waals surface area contributed by atoms with Crippen LogP contribution < -0.4 is 10.1 Å². The molecular formula is C29H36ClN3O4. The van der Waals surface area contributed by atoms with Crippen molar-refractivity contribution in [3.8, 4) is 23.3 Å². The van der Waals surface area contributed by atoms with Crippen LogP contribution in [0.15, 0.2) is 54.6 Å². The largest absolute Gasteiger partial charge is 0.457 e. The lowest BCUT2D eigenvalue weighted by molar-refractivity contribution is -0.164. The molecule has 2 saturated heterocycles. The molecule has 2 fully saturated rings. The molecule has 7 nitrogen and oxygen atoms in total. The number of aliphatic hydroxyl groups excluding tert-OH is 1. The van der Waals surface area contributed by atoms with E-state index in [1.54, 1.807) is 11.8 Å². The number of likely N-dealkylation sites (tertiary alicyclic amines) is 1. The van der Waals surface area contributed by atoms with Crippen molar-refractivity contribution in [2.45, 2.75) is 57.8 Å². The summed E-state index contributed by atoms with van der Waals surface area (Å²) in [5.41, 5.74) is 0.224. The number of aliphatic hydroxyl groups is 1. The number of para-hydroxylation sites is 1. The van der Waals surface area contributed by atoms with E-state index in [-0.39, 0.29) is 36.7 Å². The molecule has 2 aliphatic heterocycles. The first-order chi connectivity index (χ1) is 17.3. The lowest BCUT2D eigenvalue weighted by atomic mass is 9.80. The quantitative estimate of drug-likeness (QED) is 0.540. The van der Waals surface area contributed by atoms with Gasteiger partial charge < -0.3 is 20.1 Å². The van der Waals surface area contributed by atoms with E-state index in [1.807, 2.05) is 56.3 Å². The predicted octanol–water partition coefficient (Wildman–Crippen LogP) is 3.60. The smallest absolute Gasteiger partial charge is 0.249 e. The van der Waals surface area contributed by atoms with Crippen LogP contribution >= 0.6 is 12.4 Å². The van der Waals surface area contributed by atoms with Gasteiger partial charge in [-0.25, -0.2) is 0 Å². The van der Waals surface area contributed by atoms with Gasteiger partial charge in [0.25, 0.3) is 0 Å². The highest BCUT2D eigenvalue weighted by molar-refractivity contribution is 6.00. The Morgan fingerprint density at radius 2 is 1.68 bits per heavy atom. The zero-order chi connectivity index (χ0) is 25.7. The third-order valence-corrected chi connectivity index (χ3v) is 7.19. The van der Waals surface area contributed by atoms with Crippen LogP contribution in [-0.2, 0) is 16.1 Å². The van der Waals surface area contributed by atoms with Crippen LogP contribution in [0, 0.1) is 17.8 Å². The Morgan fingerprint density at radius 3 is 2.27 bits per heavy atom. The van der Waals surface area contributed by atoms with Crippen molar-refractivity contribution in [2.75, 3.05) is 19.6 Å². The molecule has 4 rings (SSSR count). The van der Waals surface area contributed by atoms with Gasteiger partial charge in [0.1, 0.15) is 23.1 Å². The Morgan fingerprint density at radius 1 is 1.05 bits per heavy atom. The molecule has 2 N–H and O–H groups in total. The topological polar surface area (TPSA) is 82.1 Å². The first kappa shape index (κ1) is 28.5. The first-order valence-corrected chi connectivity index (χ1v) is 12.6. The number of rotatable bonds is 7. The van der Waals surface area contributed by atoms with Crippen molar-refractivity contribution < 1.29 is 19.4 Å². The second kappa shape index (κ2) is 12.5. The second-order valence-corrected chi connectivity index (χ2v) is 9.90. The molecule has 2 atom stereocenters. The van der Waals surface area contributed by atoms with Gasteiger partial charge in [-0.2, -0.15) is 0 Å². The number of piperidine rings is 1. The fraction of sp³-hybridized carbons (Fsp3) is 0.448. The number of carbonyl (C=O) groups excluding carboxylic acids is 2. The van der Waals surface area contributed by atoms with E-state index in [2.05, 4.69) is 34.2 Å². The maximum absolute atomic E-state index is 13.4. The molecule has 0 bridgehead atoms. The molecule has 2 aliphatic rings. The zero-order valence-electron chi connectivity index (χ0n) is 21.6. The monoisotopic (exact) mass is 525 g/mol. The van der Waals surface area contributed by atoms with Gasteiger partial charge in [0.2, 0.25) is 11.8 Å². The number of hydrogen-bond acceptors (Lipinski definition) is 5. The van der Waals surface area contributed by atoms with Crippen molar-refractivity contribution in [3.05, 3.63) is 60.2 Å². The Kier molecular flexibility index (Phi) is 9.61. The maximum Gasteiger partial charge on any atom is 0.249 e. The van der Waals surface area contributed by atoms with E-state index >= 15 is 0 Å². The number of nitrogens with one attached hydrogen (secondary N) is 1. The Balaban J connectivity index is 0.00000380. The van der Waals surface area contributed by atoms with Crippen LogP contribution in [0.25, 0.3) is 0 Å². The summed E-state index contributed by atoms with van der Waals surface area (Å²) in [5.74, 6) is 6.80. The molecule has 0 radical (unpaired) electrons. The van der Waals surface area contributed by atoms with Crippen LogP contribution in [0.4, 0.5) is 0 Å². The number of piperazine rings is 1. The summed E-state index contributed by atoms with van der Waals surface area (Å²) in [6.45, 7) is 7.69. The van der Waals surface area contributed by atoms with Gasteiger partial charge in [0.15, 0.2) is 0 Å². The summed E-state index contributed by atoms with van der Waals surface area (Å²) >= 11 is 0. The van der Waals surface area contributed by atoms with Crippen LogP contribution in [0.5, 0.6) is 11.5 Å². The second-order valence-electron chi connectivity index (χ2n) is 9.90. The molecule has 0 aliphatic carbocycles. The molecule has 0 aromatic heterocycles. The highest BCUT2D eigenvalue weighted by Crippen LogP contribution is 2.34. The van der Waals surface area contributed by atoms with Crippen LogP contribution in [-0.4, -0.2) is 64.0 Å². The van der Waals surface area contributed by atoms with Gasteiger partial charge in [-0.3, -0.25) is 14.5 Å². The van der Waals surface area contributed by atoms with Gasteiger partial charge >= 0.3 is 0 Å². The van der Waals surface area contributed by atoms with Crippen molar-refractivity contribution in [1.29, 1.82) is 0 Å².